The number of rotatable bonds is 5. The van der Waals surface area contributed by atoms with Gasteiger partial charge in [0.1, 0.15) is 12.4 Å². The van der Waals surface area contributed by atoms with Crippen LogP contribution in [0, 0.1) is 5.92 Å². The molecule has 4 nitrogen and oxygen atoms in total. The smallest absolute Gasteiger partial charge is 0.225 e. The number of carbonyl (C=O) groups excluding carboxylic acids is 1. The van der Waals surface area contributed by atoms with Crippen LogP contribution in [0.25, 0.3) is 0 Å². The third kappa shape index (κ3) is 4.23. The van der Waals surface area contributed by atoms with Gasteiger partial charge in [-0.15, -0.1) is 0 Å². The lowest BCUT2D eigenvalue weighted by Crippen LogP contribution is -2.39. The number of amides is 1. The number of likely N-dealkylation sites (N-methyl/N-ethyl adjacent to an activating group) is 1. The fraction of sp³-hybridized carbons (Fsp3) is 0.562. The van der Waals surface area contributed by atoms with Crippen LogP contribution in [-0.2, 0) is 4.79 Å². The fourth-order valence-corrected chi connectivity index (χ4v) is 2.61. The Morgan fingerprint density at radius 3 is 2.55 bits per heavy atom. The maximum atomic E-state index is 12.3. The van der Waals surface area contributed by atoms with Gasteiger partial charge in [0, 0.05) is 19.0 Å². The molecule has 1 aromatic carbocycles. The maximum absolute atomic E-state index is 12.3. The highest BCUT2D eigenvalue weighted by Crippen LogP contribution is 2.24. The number of benzene rings is 1. The average molecular weight is 276 g/mol. The second-order valence-electron chi connectivity index (χ2n) is 5.53. The summed E-state index contributed by atoms with van der Waals surface area (Å²) < 4.78 is 5.62. The molecule has 0 bridgehead atoms. The highest BCUT2D eigenvalue weighted by Gasteiger charge is 2.26. The lowest BCUT2D eigenvalue weighted by atomic mass is 9.85. The number of nitrogens with two attached hydrogens (primary N) is 1. The molecule has 1 aromatic rings. The summed E-state index contributed by atoms with van der Waals surface area (Å²) in [5.41, 5.74) is 5.87. The normalized spacial score (nSPS) is 22.3. The zero-order chi connectivity index (χ0) is 14.4. The number of hydrogen-bond acceptors (Lipinski definition) is 3. The van der Waals surface area contributed by atoms with Gasteiger partial charge in [0.05, 0.1) is 6.54 Å². The van der Waals surface area contributed by atoms with Gasteiger partial charge in [0.25, 0.3) is 0 Å². The number of para-hydroxylation sites is 1. The van der Waals surface area contributed by atoms with E-state index in [4.69, 9.17) is 10.5 Å². The third-order valence-corrected chi connectivity index (χ3v) is 3.94. The summed E-state index contributed by atoms with van der Waals surface area (Å²) in [5, 5.41) is 0. The van der Waals surface area contributed by atoms with Gasteiger partial charge in [-0.25, -0.2) is 0 Å². The van der Waals surface area contributed by atoms with Crippen molar-refractivity contribution in [2.75, 3.05) is 20.2 Å². The molecule has 110 valence electrons. The van der Waals surface area contributed by atoms with Crippen LogP contribution in [0.15, 0.2) is 30.3 Å². The van der Waals surface area contributed by atoms with Crippen LogP contribution in [0.2, 0.25) is 0 Å². The first-order valence-electron chi connectivity index (χ1n) is 7.35. The first kappa shape index (κ1) is 14.9. The molecule has 2 rings (SSSR count). The molecule has 20 heavy (non-hydrogen) atoms. The van der Waals surface area contributed by atoms with Crippen molar-refractivity contribution >= 4 is 5.91 Å². The number of ether oxygens (including phenoxy) is 1. The Bertz CT molecular complexity index is 414. The first-order valence-corrected chi connectivity index (χ1v) is 7.35. The Balaban J connectivity index is 1.71. The van der Waals surface area contributed by atoms with Gasteiger partial charge in [0.2, 0.25) is 5.91 Å². The van der Waals surface area contributed by atoms with E-state index in [-0.39, 0.29) is 17.9 Å². The monoisotopic (exact) mass is 276 g/mol. The summed E-state index contributed by atoms with van der Waals surface area (Å²) in [5.74, 6) is 1.22. The van der Waals surface area contributed by atoms with Gasteiger partial charge < -0.3 is 15.4 Å². The quantitative estimate of drug-likeness (QED) is 0.895. The van der Waals surface area contributed by atoms with Gasteiger partial charge >= 0.3 is 0 Å². The van der Waals surface area contributed by atoms with E-state index in [1.807, 2.05) is 37.4 Å². The first-order chi connectivity index (χ1) is 9.66. The molecule has 0 spiro atoms. The van der Waals surface area contributed by atoms with Crippen molar-refractivity contribution in [3.05, 3.63) is 30.3 Å². The molecule has 0 aliphatic heterocycles. The van der Waals surface area contributed by atoms with E-state index in [1.54, 1.807) is 4.90 Å². The molecule has 1 aliphatic carbocycles. The Morgan fingerprint density at radius 2 is 1.90 bits per heavy atom. The van der Waals surface area contributed by atoms with E-state index in [9.17, 15) is 4.79 Å². The van der Waals surface area contributed by atoms with Crippen LogP contribution in [0.1, 0.15) is 25.7 Å². The lowest BCUT2D eigenvalue weighted by molar-refractivity contribution is -0.135. The van der Waals surface area contributed by atoms with Gasteiger partial charge in [-0.1, -0.05) is 18.2 Å². The summed E-state index contributed by atoms with van der Waals surface area (Å²) in [6, 6.07) is 9.96. The molecule has 1 amide bonds. The van der Waals surface area contributed by atoms with E-state index in [0.29, 0.717) is 13.2 Å². The van der Waals surface area contributed by atoms with Crippen molar-refractivity contribution in [2.45, 2.75) is 31.7 Å². The van der Waals surface area contributed by atoms with Gasteiger partial charge in [-0.3, -0.25) is 4.79 Å². The predicted octanol–water partition coefficient (Wildman–Crippen LogP) is 2.04. The number of carbonyl (C=O) groups is 1. The molecule has 0 atom stereocenters. The van der Waals surface area contributed by atoms with E-state index in [2.05, 4.69) is 0 Å². The molecule has 1 fully saturated rings. The second kappa shape index (κ2) is 7.29. The van der Waals surface area contributed by atoms with Crippen molar-refractivity contribution in [1.29, 1.82) is 0 Å². The Hall–Kier alpha value is -1.55. The summed E-state index contributed by atoms with van der Waals surface area (Å²) in [6.07, 6.45) is 3.77. The minimum atomic E-state index is 0.150. The van der Waals surface area contributed by atoms with Crippen molar-refractivity contribution in [3.8, 4) is 5.75 Å². The SMILES string of the molecule is CN(CCOc1ccccc1)C(=O)C1CCC(N)CC1. The molecule has 0 unspecified atom stereocenters. The van der Waals surface area contributed by atoms with Crippen molar-refractivity contribution in [3.63, 3.8) is 0 Å². The number of nitrogens with zero attached hydrogens (tertiary/aromatic N) is 1. The topological polar surface area (TPSA) is 55.6 Å². The summed E-state index contributed by atoms with van der Waals surface area (Å²) in [4.78, 5) is 14.1. The summed E-state index contributed by atoms with van der Waals surface area (Å²) in [6.45, 7) is 1.15. The summed E-state index contributed by atoms with van der Waals surface area (Å²) in [7, 11) is 1.85. The van der Waals surface area contributed by atoms with Crippen molar-refractivity contribution in [2.24, 2.45) is 11.7 Å². The van der Waals surface area contributed by atoms with Gasteiger partial charge in [-0.05, 0) is 37.8 Å². The van der Waals surface area contributed by atoms with Gasteiger partial charge in [-0.2, -0.15) is 0 Å². The molecule has 2 N–H and O–H groups in total. The molecule has 4 heteroatoms. The van der Waals surface area contributed by atoms with Crippen LogP contribution in [-0.4, -0.2) is 37.0 Å². The fourth-order valence-electron chi connectivity index (χ4n) is 2.61. The predicted molar refractivity (Wildman–Crippen MR) is 79.5 cm³/mol. The molecule has 0 radical (unpaired) electrons. The Morgan fingerprint density at radius 1 is 1.25 bits per heavy atom. The molecule has 0 aromatic heterocycles. The molecule has 1 saturated carbocycles. The van der Waals surface area contributed by atoms with E-state index in [1.165, 1.54) is 0 Å². The van der Waals surface area contributed by atoms with E-state index >= 15 is 0 Å². The second-order valence-corrected chi connectivity index (χ2v) is 5.53. The molecule has 0 heterocycles. The minimum Gasteiger partial charge on any atom is -0.492 e. The van der Waals surface area contributed by atoms with Crippen molar-refractivity contribution in [1.82, 2.24) is 4.90 Å². The third-order valence-electron chi connectivity index (χ3n) is 3.94. The van der Waals surface area contributed by atoms with E-state index in [0.717, 1.165) is 31.4 Å². The standard InChI is InChI=1S/C16H24N2O2/c1-18(11-12-20-15-5-3-2-4-6-15)16(19)13-7-9-14(17)10-8-13/h2-6,13-14H,7-12,17H2,1H3. The highest BCUT2D eigenvalue weighted by molar-refractivity contribution is 5.78. The average Bonchev–Trinajstić information content (AvgIpc) is 2.48. The van der Waals surface area contributed by atoms with Crippen LogP contribution in [0.3, 0.4) is 0 Å². The number of hydrogen-bond donors (Lipinski definition) is 1. The lowest BCUT2D eigenvalue weighted by Gasteiger charge is -2.28. The Labute approximate surface area is 120 Å². The molecular weight excluding hydrogens is 252 g/mol. The largest absolute Gasteiger partial charge is 0.492 e. The van der Waals surface area contributed by atoms with Crippen LogP contribution >= 0.6 is 0 Å². The zero-order valence-corrected chi connectivity index (χ0v) is 12.1. The van der Waals surface area contributed by atoms with Crippen LogP contribution < -0.4 is 10.5 Å². The van der Waals surface area contributed by atoms with Crippen LogP contribution in [0.4, 0.5) is 0 Å². The molecule has 1 aliphatic rings. The maximum Gasteiger partial charge on any atom is 0.225 e. The Kier molecular flexibility index (Phi) is 5.41. The van der Waals surface area contributed by atoms with Crippen LogP contribution in [0.5, 0.6) is 5.75 Å². The molecular formula is C16H24N2O2. The molecule has 0 saturated heterocycles. The minimum absolute atomic E-state index is 0.150. The zero-order valence-electron chi connectivity index (χ0n) is 12.1. The highest BCUT2D eigenvalue weighted by atomic mass is 16.5. The summed E-state index contributed by atoms with van der Waals surface area (Å²) >= 11 is 0. The van der Waals surface area contributed by atoms with E-state index < -0.39 is 0 Å². The van der Waals surface area contributed by atoms with Crippen molar-refractivity contribution < 1.29 is 9.53 Å². The van der Waals surface area contributed by atoms with Gasteiger partial charge in [0.15, 0.2) is 0 Å².